The topological polar surface area (TPSA) is 15.3 Å². The Bertz CT molecular complexity index is 332. The molecule has 1 N–H and O–H groups in total. The van der Waals surface area contributed by atoms with Crippen LogP contribution in [-0.4, -0.2) is 36.1 Å². The molecule has 0 radical (unpaired) electrons. The predicted molar refractivity (Wildman–Crippen MR) is 88.2 cm³/mol. The van der Waals surface area contributed by atoms with Crippen molar-refractivity contribution in [2.75, 3.05) is 19.6 Å². The van der Waals surface area contributed by atoms with E-state index in [4.69, 9.17) is 11.6 Å². The molecular formula is C17H31ClN2. The number of halogens is 1. The van der Waals surface area contributed by atoms with Gasteiger partial charge in [-0.25, -0.2) is 0 Å². The molecule has 1 spiro atoms. The first-order chi connectivity index (χ1) is 9.55. The second-order valence-corrected chi connectivity index (χ2v) is 7.55. The number of piperazine rings is 1. The van der Waals surface area contributed by atoms with Crippen molar-refractivity contribution >= 4 is 11.6 Å². The van der Waals surface area contributed by atoms with Gasteiger partial charge >= 0.3 is 0 Å². The predicted octanol–water partition coefficient (Wildman–Crippen LogP) is 4.15. The molecule has 1 aliphatic heterocycles. The van der Waals surface area contributed by atoms with Crippen LogP contribution in [0.3, 0.4) is 0 Å². The summed E-state index contributed by atoms with van der Waals surface area (Å²) in [6, 6.07) is 0.644. The maximum Gasteiger partial charge on any atom is 0.0338 e. The Morgan fingerprint density at radius 1 is 1.35 bits per heavy atom. The Morgan fingerprint density at radius 3 is 2.65 bits per heavy atom. The summed E-state index contributed by atoms with van der Waals surface area (Å²) in [5.74, 6) is 0.763. The molecule has 0 amide bonds. The zero-order valence-corrected chi connectivity index (χ0v) is 14.2. The van der Waals surface area contributed by atoms with Crippen molar-refractivity contribution in [3.05, 3.63) is 11.1 Å². The molecule has 0 aromatic heterocycles. The SMILES string of the molecule is CC(=CCl)CN1CC(CC(C)C)NCC12CCCCC2. The van der Waals surface area contributed by atoms with Gasteiger partial charge in [0.25, 0.3) is 0 Å². The highest BCUT2D eigenvalue weighted by Crippen LogP contribution is 2.36. The van der Waals surface area contributed by atoms with Gasteiger partial charge in [-0.15, -0.1) is 0 Å². The van der Waals surface area contributed by atoms with Gasteiger partial charge in [0.1, 0.15) is 0 Å². The van der Waals surface area contributed by atoms with E-state index in [0.717, 1.165) is 12.5 Å². The van der Waals surface area contributed by atoms with Gasteiger partial charge in [0.15, 0.2) is 0 Å². The van der Waals surface area contributed by atoms with Crippen molar-refractivity contribution in [3.8, 4) is 0 Å². The third-order valence-corrected chi connectivity index (χ3v) is 5.37. The molecule has 2 aliphatic rings. The number of hydrogen-bond donors (Lipinski definition) is 1. The lowest BCUT2D eigenvalue weighted by molar-refractivity contribution is 0.0139. The monoisotopic (exact) mass is 298 g/mol. The van der Waals surface area contributed by atoms with Crippen LogP contribution in [0.1, 0.15) is 59.3 Å². The zero-order chi connectivity index (χ0) is 14.6. The molecule has 0 aromatic carbocycles. The van der Waals surface area contributed by atoms with Crippen molar-refractivity contribution in [1.29, 1.82) is 0 Å². The smallest absolute Gasteiger partial charge is 0.0338 e. The van der Waals surface area contributed by atoms with E-state index in [1.807, 2.05) is 0 Å². The van der Waals surface area contributed by atoms with Crippen molar-refractivity contribution in [3.63, 3.8) is 0 Å². The molecule has 1 saturated heterocycles. The Morgan fingerprint density at radius 2 is 2.05 bits per heavy atom. The first-order valence-electron chi connectivity index (χ1n) is 8.30. The van der Waals surface area contributed by atoms with Crippen LogP contribution in [0.2, 0.25) is 0 Å². The molecule has 1 unspecified atom stereocenters. The summed E-state index contributed by atoms with van der Waals surface area (Å²) in [4.78, 5) is 2.74. The summed E-state index contributed by atoms with van der Waals surface area (Å²) >= 11 is 5.91. The number of nitrogens with one attached hydrogen (secondary N) is 1. The molecular weight excluding hydrogens is 268 g/mol. The number of rotatable bonds is 4. The van der Waals surface area contributed by atoms with E-state index < -0.39 is 0 Å². The summed E-state index contributed by atoms with van der Waals surface area (Å²) in [6.45, 7) is 10.2. The van der Waals surface area contributed by atoms with Crippen molar-refractivity contribution in [2.45, 2.75) is 70.9 Å². The standard InChI is InChI=1S/C17H31ClN2/c1-14(2)9-16-12-20(11-15(3)10-18)17(13-19-16)7-5-4-6-8-17/h10,14,16,19H,4-9,11-13H2,1-3H3. The third-order valence-electron chi connectivity index (χ3n) is 5.00. The molecule has 1 aliphatic carbocycles. The normalized spacial score (nSPS) is 28.2. The Labute approximate surface area is 129 Å². The minimum Gasteiger partial charge on any atom is -0.311 e. The second kappa shape index (κ2) is 7.29. The van der Waals surface area contributed by atoms with E-state index in [2.05, 4.69) is 31.0 Å². The lowest BCUT2D eigenvalue weighted by atomic mass is 9.77. The van der Waals surface area contributed by atoms with Crippen LogP contribution in [0.15, 0.2) is 11.1 Å². The minimum absolute atomic E-state index is 0.396. The molecule has 0 aromatic rings. The first-order valence-corrected chi connectivity index (χ1v) is 8.74. The quantitative estimate of drug-likeness (QED) is 0.839. The fraction of sp³-hybridized carbons (Fsp3) is 0.882. The highest BCUT2D eigenvalue weighted by molar-refractivity contribution is 6.25. The fourth-order valence-electron chi connectivity index (χ4n) is 3.97. The third kappa shape index (κ3) is 3.99. The van der Waals surface area contributed by atoms with Crippen molar-refractivity contribution in [2.24, 2.45) is 5.92 Å². The highest BCUT2D eigenvalue weighted by atomic mass is 35.5. The molecule has 116 valence electrons. The average molecular weight is 299 g/mol. The largest absolute Gasteiger partial charge is 0.311 e. The van der Waals surface area contributed by atoms with Gasteiger partial charge in [-0.05, 0) is 37.7 Å². The van der Waals surface area contributed by atoms with Crippen LogP contribution in [0.25, 0.3) is 0 Å². The van der Waals surface area contributed by atoms with Gasteiger partial charge in [0.2, 0.25) is 0 Å². The van der Waals surface area contributed by atoms with Gasteiger partial charge in [-0.2, -0.15) is 0 Å². The molecule has 2 rings (SSSR count). The molecule has 1 saturated carbocycles. The van der Waals surface area contributed by atoms with E-state index in [1.54, 1.807) is 5.54 Å². The molecule has 3 heteroatoms. The highest BCUT2D eigenvalue weighted by Gasteiger charge is 2.41. The van der Waals surface area contributed by atoms with Crippen LogP contribution in [-0.2, 0) is 0 Å². The Balaban J connectivity index is 2.07. The van der Waals surface area contributed by atoms with Crippen LogP contribution in [0.4, 0.5) is 0 Å². The maximum atomic E-state index is 5.91. The Kier molecular flexibility index (Phi) is 5.95. The first kappa shape index (κ1) is 16.3. The van der Waals surface area contributed by atoms with Gasteiger partial charge in [0, 0.05) is 36.8 Å². The number of hydrogen-bond acceptors (Lipinski definition) is 2. The Hall–Kier alpha value is -0.0500. The molecule has 20 heavy (non-hydrogen) atoms. The van der Waals surface area contributed by atoms with Crippen molar-refractivity contribution < 1.29 is 0 Å². The minimum atomic E-state index is 0.396. The fourth-order valence-corrected chi connectivity index (χ4v) is 4.04. The van der Waals surface area contributed by atoms with Gasteiger partial charge in [-0.1, -0.05) is 44.7 Å². The lowest BCUT2D eigenvalue weighted by Crippen LogP contribution is -2.65. The molecule has 2 fully saturated rings. The van der Waals surface area contributed by atoms with Crippen LogP contribution < -0.4 is 5.32 Å². The molecule has 0 bridgehead atoms. The van der Waals surface area contributed by atoms with Gasteiger partial charge in [-0.3, -0.25) is 4.90 Å². The number of nitrogens with zero attached hydrogens (tertiary/aromatic N) is 1. The molecule has 1 heterocycles. The van der Waals surface area contributed by atoms with Gasteiger partial charge in [0.05, 0.1) is 0 Å². The van der Waals surface area contributed by atoms with Crippen LogP contribution >= 0.6 is 11.6 Å². The lowest BCUT2D eigenvalue weighted by Gasteiger charge is -2.52. The van der Waals surface area contributed by atoms with Crippen LogP contribution in [0, 0.1) is 5.92 Å². The summed E-state index contributed by atoms with van der Waals surface area (Å²) in [6.07, 6.45) is 8.16. The zero-order valence-electron chi connectivity index (χ0n) is 13.4. The van der Waals surface area contributed by atoms with Gasteiger partial charge < -0.3 is 5.32 Å². The summed E-state index contributed by atoms with van der Waals surface area (Å²) in [7, 11) is 0. The summed E-state index contributed by atoms with van der Waals surface area (Å²) < 4.78 is 0. The van der Waals surface area contributed by atoms with E-state index in [9.17, 15) is 0 Å². The van der Waals surface area contributed by atoms with E-state index in [0.29, 0.717) is 11.6 Å². The van der Waals surface area contributed by atoms with Crippen LogP contribution in [0.5, 0.6) is 0 Å². The second-order valence-electron chi connectivity index (χ2n) is 7.33. The van der Waals surface area contributed by atoms with Crippen molar-refractivity contribution in [1.82, 2.24) is 10.2 Å². The summed E-state index contributed by atoms with van der Waals surface area (Å²) in [5, 5.41) is 3.84. The molecule has 1 atom stereocenters. The maximum absolute atomic E-state index is 5.91. The average Bonchev–Trinajstić information content (AvgIpc) is 2.43. The summed E-state index contributed by atoms with van der Waals surface area (Å²) in [5.41, 5.74) is 3.45. The van der Waals surface area contributed by atoms with E-state index in [1.165, 1.54) is 57.2 Å². The van der Waals surface area contributed by atoms with E-state index in [-0.39, 0.29) is 0 Å². The van der Waals surface area contributed by atoms with E-state index >= 15 is 0 Å². The molecule has 2 nitrogen and oxygen atoms in total.